The smallest absolute Gasteiger partial charge is 0.208 e. The predicted molar refractivity (Wildman–Crippen MR) is 57.5 cm³/mol. The molecular weight excluding hydrogens is 196 g/mol. The molecule has 4 heteroatoms. The molecule has 0 bridgehead atoms. The summed E-state index contributed by atoms with van der Waals surface area (Å²) in [6.07, 6.45) is 3.44. The lowest BCUT2D eigenvalue weighted by Crippen LogP contribution is -1.77. The Kier molecular flexibility index (Phi) is 2.55. The number of aromatic nitrogens is 1. The number of hydrogen-bond donors (Lipinski definition) is 1. The van der Waals surface area contributed by atoms with Crippen LogP contribution >= 0.6 is 11.3 Å². The van der Waals surface area contributed by atoms with Gasteiger partial charge in [0.25, 0.3) is 0 Å². The van der Waals surface area contributed by atoms with Gasteiger partial charge in [0.05, 0.1) is 0 Å². The number of hydrogen-bond acceptors (Lipinski definition) is 4. The van der Waals surface area contributed by atoms with Crippen LogP contribution in [0.1, 0.15) is 5.56 Å². The van der Waals surface area contributed by atoms with Crippen LogP contribution < -0.4 is 0 Å². The lowest BCUT2D eigenvalue weighted by Gasteiger charge is -1.92. The van der Waals surface area contributed by atoms with Crippen LogP contribution in [0.3, 0.4) is 0 Å². The van der Waals surface area contributed by atoms with Gasteiger partial charge in [-0.3, -0.25) is 0 Å². The summed E-state index contributed by atoms with van der Waals surface area (Å²) in [5.41, 5.74) is 0.943. The Labute approximate surface area is 85.4 Å². The molecule has 0 atom stereocenters. The van der Waals surface area contributed by atoms with E-state index in [2.05, 4.69) is 9.98 Å². The number of rotatable bonds is 2. The van der Waals surface area contributed by atoms with Crippen LogP contribution in [0.15, 0.2) is 40.8 Å². The van der Waals surface area contributed by atoms with E-state index in [0.29, 0.717) is 0 Å². The summed E-state index contributed by atoms with van der Waals surface area (Å²) in [5, 5.41) is 11.7. The average molecular weight is 204 g/mol. The summed E-state index contributed by atoms with van der Waals surface area (Å²) in [5.74, 6) is 0.261. The van der Waals surface area contributed by atoms with Crippen molar-refractivity contribution in [3.05, 3.63) is 41.4 Å². The minimum absolute atomic E-state index is 0.261. The first-order chi connectivity index (χ1) is 6.84. The molecule has 0 saturated carbocycles. The van der Waals surface area contributed by atoms with Gasteiger partial charge >= 0.3 is 0 Å². The van der Waals surface area contributed by atoms with Crippen LogP contribution in [0.2, 0.25) is 0 Å². The highest BCUT2D eigenvalue weighted by atomic mass is 32.1. The molecule has 3 nitrogen and oxygen atoms in total. The molecule has 0 spiro atoms. The minimum Gasteiger partial charge on any atom is -0.508 e. The Morgan fingerprint density at radius 1 is 1.29 bits per heavy atom. The number of aliphatic imine (C=N–C) groups is 1. The van der Waals surface area contributed by atoms with Crippen molar-refractivity contribution in [1.29, 1.82) is 0 Å². The second-order valence-electron chi connectivity index (χ2n) is 2.66. The van der Waals surface area contributed by atoms with Crippen molar-refractivity contribution >= 4 is 22.7 Å². The van der Waals surface area contributed by atoms with Gasteiger partial charge < -0.3 is 5.11 Å². The zero-order valence-electron chi connectivity index (χ0n) is 7.29. The maximum atomic E-state index is 9.05. The zero-order chi connectivity index (χ0) is 9.80. The summed E-state index contributed by atoms with van der Waals surface area (Å²) in [6.45, 7) is 0. The molecule has 0 aliphatic rings. The molecule has 2 rings (SSSR count). The Morgan fingerprint density at radius 3 is 2.71 bits per heavy atom. The standard InChI is InChI=1S/C10H8N2OS/c13-9-3-1-8(2-4-9)7-12-10-11-5-6-14-10/h1-7,13H. The number of benzene rings is 1. The van der Waals surface area contributed by atoms with E-state index in [4.69, 9.17) is 5.11 Å². The second-order valence-corrected chi connectivity index (χ2v) is 3.54. The van der Waals surface area contributed by atoms with Gasteiger partial charge in [-0.1, -0.05) is 0 Å². The number of phenols is 1. The van der Waals surface area contributed by atoms with Gasteiger partial charge in [-0.25, -0.2) is 9.98 Å². The van der Waals surface area contributed by atoms with Gasteiger partial charge in [0, 0.05) is 17.8 Å². The maximum absolute atomic E-state index is 9.05. The molecule has 0 saturated heterocycles. The first kappa shape index (κ1) is 8.90. The highest BCUT2D eigenvalue weighted by Crippen LogP contribution is 2.15. The molecule has 1 heterocycles. The van der Waals surface area contributed by atoms with E-state index >= 15 is 0 Å². The summed E-state index contributed by atoms with van der Waals surface area (Å²) in [4.78, 5) is 8.19. The fourth-order valence-corrected chi connectivity index (χ4v) is 1.45. The minimum atomic E-state index is 0.261. The maximum Gasteiger partial charge on any atom is 0.208 e. The normalized spacial score (nSPS) is 10.9. The van der Waals surface area contributed by atoms with Gasteiger partial charge in [-0.15, -0.1) is 11.3 Å². The van der Waals surface area contributed by atoms with Gasteiger partial charge in [-0.2, -0.15) is 0 Å². The van der Waals surface area contributed by atoms with E-state index in [1.807, 2.05) is 5.38 Å². The first-order valence-corrected chi connectivity index (χ1v) is 4.95. The topological polar surface area (TPSA) is 45.5 Å². The first-order valence-electron chi connectivity index (χ1n) is 4.07. The van der Waals surface area contributed by atoms with E-state index in [-0.39, 0.29) is 5.75 Å². The van der Waals surface area contributed by atoms with E-state index < -0.39 is 0 Å². The van der Waals surface area contributed by atoms with Crippen molar-refractivity contribution in [2.75, 3.05) is 0 Å². The van der Waals surface area contributed by atoms with Gasteiger partial charge in [0.15, 0.2) is 0 Å². The Hall–Kier alpha value is -1.68. The molecule has 0 unspecified atom stereocenters. The number of phenolic OH excluding ortho intramolecular Hbond substituents is 1. The molecule has 0 aliphatic carbocycles. The monoisotopic (exact) mass is 204 g/mol. The molecule has 1 aromatic carbocycles. The van der Waals surface area contributed by atoms with E-state index in [1.54, 1.807) is 36.7 Å². The molecule has 0 aliphatic heterocycles. The molecule has 1 aromatic heterocycles. The van der Waals surface area contributed by atoms with Crippen LogP contribution in [0.25, 0.3) is 0 Å². The number of aromatic hydroxyl groups is 1. The number of thiazole rings is 1. The van der Waals surface area contributed by atoms with Crippen molar-refractivity contribution in [1.82, 2.24) is 4.98 Å². The van der Waals surface area contributed by atoms with Crippen LogP contribution in [-0.2, 0) is 0 Å². The number of nitrogens with zero attached hydrogens (tertiary/aromatic N) is 2. The molecular formula is C10H8N2OS. The zero-order valence-corrected chi connectivity index (χ0v) is 8.11. The largest absolute Gasteiger partial charge is 0.508 e. The van der Waals surface area contributed by atoms with Crippen molar-refractivity contribution in [2.24, 2.45) is 4.99 Å². The van der Waals surface area contributed by atoms with E-state index in [0.717, 1.165) is 10.7 Å². The fraction of sp³-hybridized carbons (Fsp3) is 0. The highest BCUT2D eigenvalue weighted by molar-refractivity contribution is 7.13. The third kappa shape index (κ3) is 2.17. The molecule has 0 fully saturated rings. The van der Waals surface area contributed by atoms with Crippen LogP contribution in [-0.4, -0.2) is 16.3 Å². The Bertz CT molecular complexity index is 420. The molecule has 70 valence electrons. The van der Waals surface area contributed by atoms with E-state index in [1.165, 1.54) is 11.3 Å². The quantitative estimate of drug-likeness (QED) is 0.764. The predicted octanol–water partition coefficient (Wildman–Crippen LogP) is 2.60. The molecule has 0 amide bonds. The summed E-state index contributed by atoms with van der Waals surface area (Å²) < 4.78 is 0. The van der Waals surface area contributed by atoms with Gasteiger partial charge in [0.2, 0.25) is 5.13 Å². The molecule has 0 radical (unpaired) electrons. The third-order valence-corrected chi connectivity index (χ3v) is 2.32. The summed E-state index contributed by atoms with van der Waals surface area (Å²) in [7, 11) is 0. The lowest BCUT2D eigenvalue weighted by molar-refractivity contribution is 0.475. The Balaban J connectivity index is 2.15. The van der Waals surface area contributed by atoms with Crippen molar-refractivity contribution in [3.63, 3.8) is 0 Å². The highest BCUT2D eigenvalue weighted by Gasteiger charge is 1.90. The van der Waals surface area contributed by atoms with Crippen molar-refractivity contribution < 1.29 is 5.11 Å². The SMILES string of the molecule is Oc1ccc(C=Nc2nccs2)cc1. The summed E-state index contributed by atoms with van der Waals surface area (Å²) in [6, 6.07) is 6.85. The van der Waals surface area contributed by atoms with Crippen molar-refractivity contribution in [2.45, 2.75) is 0 Å². The van der Waals surface area contributed by atoms with E-state index in [9.17, 15) is 0 Å². The van der Waals surface area contributed by atoms with Crippen LogP contribution in [0, 0.1) is 0 Å². The van der Waals surface area contributed by atoms with Crippen molar-refractivity contribution in [3.8, 4) is 5.75 Å². The average Bonchev–Trinajstić information content (AvgIpc) is 2.70. The lowest BCUT2D eigenvalue weighted by atomic mass is 10.2. The molecule has 1 N–H and O–H groups in total. The summed E-state index contributed by atoms with van der Waals surface area (Å²) >= 11 is 1.49. The third-order valence-electron chi connectivity index (χ3n) is 1.64. The molecule has 2 aromatic rings. The van der Waals surface area contributed by atoms with Crippen LogP contribution in [0.4, 0.5) is 5.13 Å². The van der Waals surface area contributed by atoms with Gasteiger partial charge in [-0.05, 0) is 29.8 Å². The Morgan fingerprint density at radius 2 is 2.07 bits per heavy atom. The van der Waals surface area contributed by atoms with Gasteiger partial charge in [0.1, 0.15) is 5.75 Å². The van der Waals surface area contributed by atoms with Crippen LogP contribution in [0.5, 0.6) is 5.75 Å². The fourth-order valence-electron chi connectivity index (χ4n) is 0.970. The second kappa shape index (κ2) is 4.02. The molecule has 14 heavy (non-hydrogen) atoms.